The Kier molecular flexibility index (Phi) is 6.48. The third-order valence-electron chi connectivity index (χ3n) is 6.32. The van der Waals surface area contributed by atoms with Crippen molar-refractivity contribution in [3.05, 3.63) is 89.9 Å². The summed E-state index contributed by atoms with van der Waals surface area (Å²) in [5, 5.41) is 11.4. The molecule has 0 aliphatic carbocycles. The summed E-state index contributed by atoms with van der Waals surface area (Å²) < 4.78 is 15.3. The zero-order valence-corrected chi connectivity index (χ0v) is 20.6. The van der Waals surface area contributed by atoms with Gasteiger partial charge < -0.3 is 23.7 Å². The zero-order valence-electron chi connectivity index (χ0n) is 20.6. The van der Waals surface area contributed by atoms with E-state index >= 15 is 0 Å². The van der Waals surface area contributed by atoms with Crippen LogP contribution in [-0.2, 0) is 11.3 Å². The van der Waals surface area contributed by atoms with Crippen LogP contribution < -0.4 is 4.74 Å². The molecule has 3 aromatic carbocycles. The number of fused-ring (bicyclic) bond motifs is 2. The highest BCUT2D eigenvalue weighted by molar-refractivity contribution is 6.07. The van der Waals surface area contributed by atoms with E-state index in [1.165, 1.54) is 0 Å². The molecule has 0 bridgehead atoms. The maximum atomic E-state index is 12.9. The molecule has 0 fully saturated rings. The topological polar surface area (TPSA) is 78.5 Å². The molecule has 1 N–H and O–H groups in total. The van der Waals surface area contributed by atoms with Gasteiger partial charge in [-0.05, 0) is 63.2 Å². The molecule has 5 rings (SSSR count). The molecule has 184 valence electrons. The molecular formula is C29H29N3O4. The van der Waals surface area contributed by atoms with E-state index in [-0.39, 0.29) is 12.6 Å². The molecule has 1 atom stereocenters. The molecule has 2 heterocycles. The first-order valence-corrected chi connectivity index (χ1v) is 12.1. The predicted molar refractivity (Wildman–Crippen MR) is 140 cm³/mol. The quantitative estimate of drug-likeness (QED) is 0.307. The fourth-order valence-corrected chi connectivity index (χ4v) is 4.60. The fourth-order valence-electron chi connectivity index (χ4n) is 4.60. The minimum absolute atomic E-state index is 0.102. The maximum Gasteiger partial charge on any atom is 0.340 e. The normalized spacial score (nSPS) is 12.2. The average Bonchev–Trinajstić information content (AvgIpc) is 3.41. The lowest BCUT2D eigenvalue weighted by Crippen LogP contribution is -2.23. The summed E-state index contributed by atoms with van der Waals surface area (Å²) in [6, 6.07) is 21.6. The highest BCUT2D eigenvalue weighted by Gasteiger charge is 2.22. The van der Waals surface area contributed by atoms with Crippen LogP contribution in [0.15, 0.2) is 73.1 Å². The maximum absolute atomic E-state index is 12.9. The van der Waals surface area contributed by atoms with Crippen molar-refractivity contribution in [2.75, 3.05) is 13.2 Å². The van der Waals surface area contributed by atoms with Gasteiger partial charge in [-0.3, -0.25) is 0 Å². The number of esters is 1. The van der Waals surface area contributed by atoms with Gasteiger partial charge in [-0.2, -0.15) is 0 Å². The first-order chi connectivity index (χ1) is 17.5. The fraction of sp³-hybridized carbons (Fsp3) is 0.241. The number of carbonyl (C=O) groups excluding carboxylic acids is 1. The lowest BCUT2D eigenvalue weighted by Gasteiger charge is -2.14. The van der Waals surface area contributed by atoms with Crippen LogP contribution >= 0.6 is 0 Å². The second-order valence-corrected chi connectivity index (χ2v) is 8.88. The number of aliphatic hydroxyl groups is 1. The number of rotatable bonds is 8. The summed E-state index contributed by atoms with van der Waals surface area (Å²) >= 11 is 0. The number of imidazole rings is 1. The van der Waals surface area contributed by atoms with Gasteiger partial charge in [0.25, 0.3) is 0 Å². The van der Waals surface area contributed by atoms with Gasteiger partial charge in [-0.1, -0.05) is 29.8 Å². The lowest BCUT2D eigenvalue weighted by molar-refractivity contribution is 0.0527. The van der Waals surface area contributed by atoms with Crippen LogP contribution in [0.5, 0.6) is 5.75 Å². The Morgan fingerprint density at radius 1 is 1.03 bits per heavy atom. The zero-order chi connectivity index (χ0) is 25.2. The summed E-state index contributed by atoms with van der Waals surface area (Å²) in [6.45, 7) is 6.52. The van der Waals surface area contributed by atoms with E-state index in [1.807, 2.05) is 85.1 Å². The molecule has 0 radical (unpaired) electrons. The number of hydrogen-bond donors (Lipinski definition) is 1. The number of aliphatic hydroxyl groups excluding tert-OH is 1. The Labute approximate surface area is 209 Å². The Morgan fingerprint density at radius 2 is 1.81 bits per heavy atom. The molecule has 0 amide bonds. The third kappa shape index (κ3) is 4.45. The van der Waals surface area contributed by atoms with Gasteiger partial charge in [0.05, 0.1) is 41.6 Å². The van der Waals surface area contributed by atoms with Crippen molar-refractivity contribution in [3.63, 3.8) is 0 Å². The summed E-state index contributed by atoms with van der Waals surface area (Å²) in [5.41, 5.74) is 6.18. The van der Waals surface area contributed by atoms with Gasteiger partial charge >= 0.3 is 5.97 Å². The standard InChI is InChI=1S/C29H29N3O4/c1-4-35-29(34)28-20(3)32(21-11-9-19(2)10-12-21)26-14-13-23(15-24(26)28)36-17-22(33)16-31-18-30-25-7-5-6-8-27(25)31/h5-15,18,22,33H,4,16-17H2,1-3H3/t22-/m0/s1. The first-order valence-electron chi connectivity index (χ1n) is 12.1. The van der Waals surface area contributed by atoms with Crippen LogP contribution in [0.3, 0.4) is 0 Å². The molecule has 36 heavy (non-hydrogen) atoms. The van der Waals surface area contributed by atoms with E-state index in [4.69, 9.17) is 9.47 Å². The summed E-state index contributed by atoms with van der Waals surface area (Å²) in [7, 11) is 0. The molecule has 2 aromatic heterocycles. The van der Waals surface area contributed by atoms with Crippen molar-refractivity contribution in [1.29, 1.82) is 0 Å². The van der Waals surface area contributed by atoms with Gasteiger partial charge in [0.2, 0.25) is 0 Å². The van der Waals surface area contributed by atoms with E-state index in [0.29, 0.717) is 24.5 Å². The van der Waals surface area contributed by atoms with Crippen molar-refractivity contribution in [1.82, 2.24) is 14.1 Å². The van der Waals surface area contributed by atoms with Gasteiger partial charge in [0, 0.05) is 16.8 Å². The number of ether oxygens (including phenoxy) is 2. The molecule has 0 aliphatic heterocycles. The van der Waals surface area contributed by atoms with Crippen molar-refractivity contribution in [2.45, 2.75) is 33.4 Å². The van der Waals surface area contributed by atoms with Gasteiger partial charge in [0.15, 0.2) is 0 Å². The number of para-hydroxylation sites is 2. The largest absolute Gasteiger partial charge is 0.491 e. The van der Waals surface area contributed by atoms with Crippen molar-refractivity contribution < 1.29 is 19.4 Å². The second-order valence-electron chi connectivity index (χ2n) is 8.88. The highest BCUT2D eigenvalue weighted by Crippen LogP contribution is 2.33. The molecular weight excluding hydrogens is 454 g/mol. The van der Waals surface area contributed by atoms with Crippen LogP contribution in [0, 0.1) is 13.8 Å². The predicted octanol–water partition coefficient (Wildman–Crippen LogP) is 5.21. The number of nitrogens with zero attached hydrogens (tertiary/aromatic N) is 3. The van der Waals surface area contributed by atoms with Crippen LogP contribution in [0.2, 0.25) is 0 Å². The van der Waals surface area contributed by atoms with E-state index in [0.717, 1.165) is 38.9 Å². The number of aromatic nitrogens is 3. The van der Waals surface area contributed by atoms with E-state index < -0.39 is 6.10 Å². The monoisotopic (exact) mass is 483 g/mol. The SMILES string of the molecule is CCOC(=O)c1c(C)n(-c2ccc(C)cc2)c2ccc(OC[C@@H](O)Cn3cnc4ccccc43)cc12. The molecule has 0 aliphatic rings. The number of carbonyl (C=O) groups is 1. The summed E-state index contributed by atoms with van der Waals surface area (Å²) in [5.74, 6) is 0.207. The molecule has 0 unspecified atom stereocenters. The molecule has 0 saturated heterocycles. The van der Waals surface area contributed by atoms with Crippen molar-refractivity contribution >= 4 is 27.9 Å². The van der Waals surface area contributed by atoms with Gasteiger partial charge in [-0.25, -0.2) is 9.78 Å². The second kappa shape index (κ2) is 9.87. The number of aryl methyl sites for hydroxylation is 1. The average molecular weight is 484 g/mol. The third-order valence-corrected chi connectivity index (χ3v) is 6.32. The van der Waals surface area contributed by atoms with Crippen LogP contribution in [0.4, 0.5) is 0 Å². The van der Waals surface area contributed by atoms with Crippen molar-refractivity contribution in [2.24, 2.45) is 0 Å². The molecule has 0 saturated carbocycles. The van der Waals surface area contributed by atoms with E-state index in [9.17, 15) is 9.90 Å². The molecule has 7 nitrogen and oxygen atoms in total. The van der Waals surface area contributed by atoms with Crippen LogP contribution in [-0.4, -0.2) is 44.5 Å². The number of hydrogen-bond acceptors (Lipinski definition) is 5. The Balaban J connectivity index is 1.43. The van der Waals surface area contributed by atoms with Crippen molar-refractivity contribution in [3.8, 4) is 11.4 Å². The van der Waals surface area contributed by atoms with E-state index in [2.05, 4.69) is 9.55 Å². The minimum Gasteiger partial charge on any atom is -0.491 e. The van der Waals surface area contributed by atoms with Gasteiger partial charge in [-0.15, -0.1) is 0 Å². The van der Waals surface area contributed by atoms with Crippen LogP contribution in [0.1, 0.15) is 28.5 Å². The molecule has 7 heteroatoms. The smallest absolute Gasteiger partial charge is 0.340 e. The molecule has 0 spiro atoms. The van der Waals surface area contributed by atoms with Gasteiger partial charge in [0.1, 0.15) is 18.5 Å². The molecule has 5 aromatic rings. The summed E-state index contributed by atoms with van der Waals surface area (Å²) in [4.78, 5) is 17.3. The van der Waals surface area contributed by atoms with E-state index in [1.54, 1.807) is 13.3 Å². The lowest BCUT2D eigenvalue weighted by atomic mass is 10.1. The minimum atomic E-state index is -0.735. The highest BCUT2D eigenvalue weighted by atomic mass is 16.5. The number of benzene rings is 3. The first kappa shape index (κ1) is 23.6. The Bertz CT molecular complexity index is 1530. The Hall–Kier alpha value is -4.10. The van der Waals surface area contributed by atoms with Crippen LogP contribution in [0.25, 0.3) is 27.6 Å². The Morgan fingerprint density at radius 3 is 2.58 bits per heavy atom. The summed E-state index contributed by atoms with van der Waals surface area (Å²) in [6.07, 6.45) is 0.990.